The van der Waals surface area contributed by atoms with Gasteiger partial charge < -0.3 is 9.80 Å². The second kappa shape index (κ2) is 7.64. The summed E-state index contributed by atoms with van der Waals surface area (Å²) < 4.78 is 1.09. The quantitative estimate of drug-likeness (QED) is 0.816. The van der Waals surface area contributed by atoms with Crippen molar-refractivity contribution in [2.75, 3.05) is 31.1 Å². The molecule has 4 heteroatoms. The number of amides is 1. The van der Waals surface area contributed by atoms with Gasteiger partial charge in [0.05, 0.1) is 0 Å². The molecule has 1 aliphatic heterocycles. The molecule has 3 nitrogen and oxygen atoms in total. The van der Waals surface area contributed by atoms with Crippen molar-refractivity contribution in [3.05, 3.63) is 64.6 Å². The number of piperazine rings is 1. The number of rotatable bonds is 4. The van der Waals surface area contributed by atoms with Crippen molar-refractivity contribution in [1.82, 2.24) is 4.90 Å². The molecule has 1 saturated heterocycles. The molecule has 23 heavy (non-hydrogen) atoms. The summed E-state index contributed by atoms with van der Waals surface area (Å²) in [6.07, 6.45) is 1.42. The smallest absolute Gasteiger partial charge is 0.223 e. The number of aryl methyl sites for hydroxylation is 1. The number of nitrogens with zero attached hydrogens (tertiary/aromatic N) is 2. The molecule has 2 aromatic carbocycles. The molecule has 0 unspecified atom stereocenters. The predicted octanol–water partition coefficient (Wildman–Crippen LogP) is 3.73. The molecular formula is C19H21BrN2O. The molecule has 2 aromatic rings. The third kappa shape index (κ3) is 4.35. The van der Waals surface area contributed by atoms with Crippen LogP contribution in [0.4, 0.5) is 5.69 Å². The number of carbonyl (C=O) groups excluding carboxylic acids is 1. The summed E-state index contributed by atoms with van der Waals surface area (Å²) >= 11 is 3.52. The molecule has 0 atom stereocenters. The Morgan fingerprint density at radius 3 is 2.39 bits per heavy atom. The third-order valence-corrected chi connectivity index (χ3v) is 4.77. The maximum absolute atomic E-state index is 12.4. The molecule has 1 amide bonds. The SMILES string of the molecule is O=C(CCc1ccccc1)N1CCN(c2cccc(Br)c2)CC1. The highest BCUT2D eigenvalue weighted by Crippen LogP contribution is 2.21. The van der Waals surface area contributed by atoms with Crippen molar-refractivity contribution in [3.8, 4) is 0 Å². The van der Waals surface area contributed by atoms with Gasteiger partial charge in [-0.1, -0.05) is 52.3 Å². The summed E-state index contributed by atoms with van der Waals surface area (Å²) in [5.74, 6) is 0.266. The van der Waals surface area contributed by atoms with E-state index in [2.05, 4.69) is 51.2 Å². The Morgan fingerprint density at radius 1 is 0.957 bits per heavy atom. The van der Waals surface area contributed by atoms with Crippen molar-refractivity contribution in [2.24, 2.45) is 0 Å². The van der Waals surface area contributed by atoms with Crippen LogP contribution in [0.25, 0.3) is 0 Å². The molecule has 0 aliphatic carbocycles. The Hall–Kier alpha value is -1.81. The van der Waals surface area contributed by atoms with Crippen LogP contribution in [-0.2, 0) is 11.2 Å². The minimum absolute atomic E-state index is 0.266. The zero-order valence-corrected chi connectivity index (χ0v) is 14.7. The van der Waals surface area contributed by atoms with Crippen molar-refractivity contribution in [2.45, 2.75) is 12.8 Å². The van der Waals surface area contributed by atoms with E-state index < -0.39 is 0 Å². The van der Waals surface area contributed by atoms with Gasteiger partial charge in [0.2, 0.25) is 5.91 Å². The Balaban J connectivity index is 1.49. The van der Waals surface area contributed by atoms with Gasteiger partial charge in [0, 0.05) is 42.8 Å². The van der Waals surface area contributed by atoms with E-state index in [0.29, 0.717) is 6.42 Å². The van der Waals surface area contributed by atoms with Crippen LogP contribution in [0.5, 0.6) is 0 Å². The van der Waals surface area contributed by atoms with Crippen LogP contribution in [0.1, 0.15) is 12.0 Å². The number of halogens is 1. The minimum atomic E-state index is 0.266. The van der Waals surface area contributed by atoms with Gasteiger partial charge in [0.25, 0.3) is 0 Å². The van der Waals surface area contributed by atoms with E-state index in [0.717, 1.165) is 37.1 Å². The molecule has 0 radical (unpaired) electrons. The first kappa shape index (κ1) is 16.1. The van der Waals surface area contributed by atoms with Crippen molar-refractivity contribution in [1.29, 1.82) is 0 Å². The maximum atomic E-state index is 12.4. The molecule has 120 valence electrons. The standard InChI is InChI=1S/C19H21BrN2O/c20-17-7-4-8-18(15-17)21-11-13-22(14-12-21)19(23)10-9-16-5-2-1-3-6-16/h1-8,15H,9-14H2. The summed E-state index contributed by atoms with van der Waals surface area (Å²) in [4.78, 5) is 16.7. The lowest BCUT2D eigenvalue weighted by atomic mass is 10.1. The van der Waals surface area contributed by atoms with Crippen LogP contribution >= 0.6 is 15.9 Å². The van der Waals surface area contributed by atoms with Crippen molar-refractivity contribution < 1.29 is 4.79 Å². The highest BCUT2D eigenvalue weighted by molar-refractivity contribution is 9.10. The van der Waals surface area contributed by atoms with Gasteiger partial charge in [-0.15, -0.1) is 0 Å². The Bertz CT molecular complexity index is 651. The monoisotopic (exact) mass is 372 g/mol. The average molecular weight is 373 g/mol. The van der Waals surface area contributed by atoms with E-state index >= 15 is 0 Å². The van der Waals surface area contributed by atoms with Crippen molar-refractivity contribution in [3.63, 3.8) is 0 Å². The van der Waals surface area contributed by atoms with E-state index in [9.17, 15) is 4.79 Å². The Morgan fingerprint density at radius 2 is 1.70 bits per heavy atom. The van der Waals surface area contributed by atoms with Gasteiger partial charge in [0.1, 0.15) is 0 Å². The minimum Gasteiger partial charge on any atom is -0.368 e. The van der Waals surface area contributed by atoms with E-state index in [4.69, 9.17) is 0 Å². The first-order chi connectivity index (χ1) is 11.2. The van der Waals surface area contributed by atoms with Crippen LogP contribution in [0, 0.1) is 0 Å². The molecule has 0 saturated carbocycles. The fraction of sp³-hybridized carbons (Fsp3) is 0.316. The molecule has 1 aliphatic rings. The van der Waals surface area contributed by atoms with Gasteiger partial charge in [-0.3, -0.25) is 4.79 Å². The average Bonchev–Trinajstić information content (AvgIpc) is 2.61. The van der Waals surface area contributed by atoms with Crippen LogP contribution < -0.4 is 4.90 Å². The topological polar surface area (TPSA) is 23.6 Å². The summed E-state index contributed by atoms with van der Waals surface area (Å²) in [6, 6.07) is 18.6. The van der Waals surface area contributed by atoms with Gasteiger partial charge in [0.15, 0.2) is 0 Å². The molecular weight excluding hydrogens is 352 g/mol. The lowest BCUT2D eigenvalue weighted by Gasteiger charge is -2.36. The summed E-state index contributed by atoms with van der Waals surface area (Å²) in [6.45, 7) is 3.40. The lowest BCUT2D eigenvalue weighted by Crippen LogP contribution is -2.48. The summed E-state index contributed by atoms with van der Waals surface area (Å²) in [7, 11) is 0. The van der Waals surface area contributed by atoms with E-state index in [1.54, 1.807) is 0 Å². The fourth-order valence-electron chi connectivity index (χ4n) is 2.94. The third-order valence-electron chi connectivity index (χ3n) is 4.28. The normalized spacial score (nSPS) is 14.8. The Kier molecular flexibility index (Phi) is 5.34. The molecule has 0 N–H and O–H groups in total. The number of hydrogen-bond acceptors (Lipinski definition) is 2. The van der Waals surface area contributed by atoms with Gasteiger partial charge in [-0.2, -0.15) is 0 Å². The van der Waals surface area contributed by atoms with Gasteiger partial charge >= 0.3 is 0 Å². The number of carbonyl (C=O) groups is 1. The van der Waals surface area contributed by atoms with E-state index in [-0.39, 0.29) is 5.91 Å². The zero-order chi connectivity index (χ0) is 16.1. The maximum Gasteiger partial charge on any atom is 0.223 e. The second-order valence-electron chi connectivity index (χ2n) is 5.83. The van der Waals surface area contributed by atoms with Crippen molar-refractivity contribution >= 4 is 27.5 Å². The molecule has 1 fully saturated rings. The van der Waals surface area contributed by atoms with Crippen LogP contribution in [0.2, 0.25) is 0 Å². The highest BCUT2D eigenvalue weighted by atomic mass is 79.9. The van der Waals surface area contributed by atoms with Gasteiger partial charge in [-0.25, -0.2) is 0 Å². The number of benzene rings is 2. The summed E-state index contributed by atoms with van der Waals surface area (Å²) in [5, 5.41) is 0. The van der Waals surface area contributed by atoms with Crippen LogP contribution in [-0.4, -0.2) is 37.0 Å². The predicted molar refractivity (Wildman–Crippen MR) is 97.7 cm³/mol. The Labute approximate surface area is 146 Å². The highest BCUT2D eigenvalue weighted by Gasteiger charge is 2.21. The largest absolute Gasteiger partial charge is 0.368 e. The number of hydrogen-bond donors (Lipinski definition) is 0. The van der Waals surface area contributed by atoms with Crippen LogP contribution in [0.15, 0.2) is 59.1 Å². The zero-order valence-electron chi connectivity index (χ0n) is 13.1. The number of anilines is 1. The summed E-state index contributed by atoms with van der Waals surface area (Å²) in [5.41, 5.74) is 2.45. The van der Waals surface area contributed by atoms with E-state index in [1.807, 2.05) is 29.2 Å². The first-order valence-electron chi connectivity index (χ1n) is 8.04. The van der Waals surface area contributed by atoms with Crippen LogP contribution in [0.3, 0.4) is 0 Å². The van der Waals surface area contributed by atoms with Gasteiger partial charge in [-0.05, 0) is 30.2 Å². The fourth-order valence-corrected chi connectivity index (χ4v) is 3.33. The molecule has 1 heterocycles. The molecule has 0 aromatic heterocycles. The van der Waals surface area contributed by atoms with E-state index in [1.165, 1.54) is 11.3 Å². The molecule has 0 spiro atoms. The second-order valence-corrected chi connectivity index (χ2v) is 6.75. The molecule has 3 rings (SSSR count). The molecule has 0 bridgehead atoms. The lowest BCUT2D eigenvalue weighted by molar-refractivity contribution is -0.131. The first-order valence-corrected chi connectivity index (χ1v) is 8.84.